The molecule has 9 heteroatoms. The summed E-state index contributed by atoms with van der Waals surface area (Å²) >= 11 is 0. The SMILES string of the molecule is C#Cc1cnc2c(C#N)cc(N[C@H](C3=CN([C@@H](C)CF)NN3)c3cccc4ncccc34)cc2c1NCC(C)(C)C. The highest BCUT2D eigenvalue weighted by molar-refractivity contribution is 5.99. The quantitative estimate of drug-likeness (QED) is 0.206. The van der Waals surface area contributed by atoms with E-state index in [2.05, 4.69) is 64.3 Å². The molecule has 0 amide bonds. The van der Waals surface area contributed by atoms with Crippen LogP contribution in [0.25, 0.3) is 21.8 Å². The van der Waals surface area contributed by atoms with Gasteiger partial charge in [-0.1, -0.05) is 44.9 Å². The first-order valence-corrected chi connectivity index (χ1v) is 13.5. The van der Waals surface area contributed by atoms with Gasteiger partial charge in [0.2, 0.25) is 0 Å². The fraction of sp³-hybridized carbons (Fsp3) is 0.281. The third-order valence-electron chi connectivity index (χ3n) is 6.96. The Balaban J connectivity index is 1.66. The number of anilines is 2. The fourth-order valence-electron chi connectivity index (χ4n) is 4.80. The van der Waals surface area contributed by atoms with Crippen LogP contribution in [0.1, 0.15) is 50.4 Å². The highest BCUT2D eigenvalue weighted by atomic mass is 19.1. The first-order chi connectivity index (χ1) is 19.7. The summed E-state index contributed by atoms with van der Waals surface area (Å²) in [6.07, 6.45) is 11.1. The van der Waals surface area contributed by atoms with E-state index in [4.69, 9.17) is 6.42 Å². The highest BCUT2D eigenvalue weighted by Crippen LogP contribution is 2.36. The van der Waals surface area contributed by atoms with Crippen molar-refractivity contribution in [2.75, 3.05) is 23.9 Å². The average Bonchev–Trinajstić information content (AvgIpc) is 3.47. The molecule has 4 aromatic rings. The third-order valence-corrected chi connectivity index (χ3v) is 6.96. The second-order valence-corrected chi connectivity index (χ2v) is 11.4. The van der Waals surface area contributed by atoms with E-state index in [0.29, 0.717) is 28.9 Å². The molecule has 8 nitrogen and oxygen atoms in total. The van der Waals surface area contributed by atoms with Crippen LogP contribution in [0.5, 0.6) is 0 Å². The number of hydrogen-bond acceptors (Lipinski definition) is 8. The molecular weight excluding hydrogens is 515 g/mol. The smallest absolute Gasteiger partial charge is 0.111 e. The lowest BCUT2D eigenvalue weighted by Gasteiger charge is -2.24. The Labute approximate surface area is 239 Å². The van der Waals surface area contributed by atoms with Gasteiger partial charge in [-0.25, -0.2) is 4.39 Å². The van der Waals surface area contributed by atoms with Crippen molar-refractivity contribution in [2.45, 2.75) is 39.8 Å². The number of halogens is 1. The molecule has 2 atom stereocenters. The normalized spacial score (nSPS) is 14.6. The number of hydrazine groups is 2. The van der Waals surface area contributed by atoms with Crippen LogP contribution in [0.2, 0.25) is 0 Å². The Bertz CT molecular complexity index is 1700. The van der Waals surface area contributed by atoms with Crippen LogP contribution in [0.4, 0.5) is 15.8 Å². The number of alkyl halides is 1. The molecule has 41 heavy (non-hydrogen) atoms. The predicted molar refractivity (Wildman–Crippen MR) is 162 cm³/mol. The van der Waals surface area contributed by atoms with Gasteiger partial charge in [0.05, 0.1) is 45.6 Å². The molecule has 4 N–H and O–H groups in total. The summed E-state index contributed by atoms with van der Waals surface area (Å²) in [5.74, 6) is 2.73. The van der Waals surface area contributed by atoms with Gasteiger partial charge in [-0.15, -0.1) is 12.0 Å². The standard InChI is InChI=1S/C32H33FN8/c1-6-21-17-36-30-22(16-34)13-23(14-26(30)29(21)37-19-32(3,4)5)38-31(28-18-41(40-39-28)20(2)15-33)25-9-7-11-27-24(25)10-8-12-35-27/h1,7-14,17-18,20,31,38-40H,15,19H2,2-5H3,(H,36,37)/t20-,31-/m0/s1. The van der Waals surface area contributed by atoms with Gasteiger partial charge in [-0.2, -0.15) is 5.26 Å². The number of benzene rings is 2. The predicted octanol–water partition coefficient (Wildman–Crippen LogP) is 5.77. The van der Waals surface area contributed by atoms with Gasteiger partial charge in [-0.3, -0.25) is 15.0 Å². The molecule has 0 fully saturated rings. The first-order valence-electron chi connectivity index (χ1n) is 13.5. The van der Waals surface area contributed by atoms with Crippen molar-refractivity contribution < 1.29 is 4.39 Å². The molecule has 0 unspecified atom stereocenters. The molecule has 0 radical (unpaired) electrons. The van der Waals surface area contributed by atoms with E-state index in [9.17, 15) is 9.65 Å². The molecule has 208 valence electrons. The van der Waals surface area contributed by atoms with Crippen LogP contribution in [0.3, 0.4) is 0 Å². The number of aromatic nitrogens is 2. The lowest BCUT2D eigenvalue weighted by atomic mass is 9.96. The zero-order chi connectivity index (χ0) is 29.1. The zero-order valence-corrected chi connectivity index (χ0v) is 23.6. The Morgan fingerprint density at radius 2 is 1.95 bits per heavy atom. The lowest BCUT2D eigenvalue weighted by Crippen LogP contribution is -2.43. The van der Waals surface area contributed by atoms with Crippen molar-refractivity contribution >= 4 is 33.2 Å². The highest BCUT2D eigenvalue weighted by Gasteiger charge is 2.26. The maximum atomic E-state index is 13.5. The van der Waals surface area contributed by atoms with Crippen molar-refractivity contribution in [3.63, 3.8) is 0 Å². The van der Waals surface area contributed by atoms with Gasteiger partial charge < -0.3 is 16.1 Å². The Hall–Kier alpha value is -4.86. The van der Waals surface area contributed by atoms with Crippen LogP contribution in [-0.2, 0) is 0 Å². The minimum absolute atomic E-state index is 0.000878. The zero-order valence-electron chi connectivity index (χ0n) is 23.6. The van der Waals surface area contributed by atoms with Gasteiger partial charge >= 0.3 is 0 Å². The number of terminal acetylenes is 1. The van der Waals surface area contributed by atoms with Crippen molar-refractivity contribution in [3.8, 4) is 18.4 Å². The number of hydrogen-bond donors (Lipinski definition) is 4. The number of rotatable bonds is 8. The number of nitriles is 1. The Morgan fingerprint density at radius 1 is 1.12 bits per heavy atom. The third kappa shape index (κ3) is 5.72. The molecule has 5 rings (SSSR count). The average molecular weight is 549 g/mol. The van der Waals surface area contributed by atoms with Crippen molar-refractivity contribution in [2.24, 2.45) is 5.41 Å². The summed E-state index contributed by atoms with van der Waals surface area (Å²) < 4.78 is 13.5. The van der Waals surface area contributed by atoms with Gasteiger partial charge in [0.1, 0.15) is 12.7 Å². The summed E-state index contributed by atoms with van der Waals surface area (Å²) in [5.41, 5.74) is 11.9. The summed E-state index contributed by atoms with van der Waals surface area (Å²) in [4.78, 5) is 9.08. The van der Waals surface area contributed by atoms with E-state index in [1.807, 2.05) is 42.6 Å². The fourth-order valence-corrected chi connectivity index (χ4v) is 4.80. The molecule has 1 aliphatic heterocycles. The molecule has 0 aliphatic carbocycles. The number of nitrogens with zero attached hydrogens (tertiary/aromatic N) is 4. The maximum absolute atomic E-state index is 13.5. The summed E-state index contributed by atoms with van der Waals surface area (Å²) in [6.45, 7) is 8.37. The van der Waals surface area contributed by atoms with E-state index < -0.39 is 12.7 Å². The van der Waals surface area contributed by atoms with Crippen LogP contribution in [0, 0.1) is 29.1 Å². The van der Waals surface area contributed by atoms with Crippen molar-refractivity contribution in [3.05, 3.63) is 83.4 Å². The summed E-state index contributed by atoms with van der Waals surface area (Å²) in [5, 5.41) is 20.7. The van der Waals surface area contributed by atoms with E-state index >= 15 is 0 Å². The molecule has 2 aromatic carbocycles. The van der Waals surface area contributed by atoms with Gasteiger partial charge in [-0.05, 0) is 42.2 Å². The molecule has 0 saturated heterocycles. The summed E-state index contributed by atoms with van der Waals surface area (Å²) in [7, 11) is 0. The minimum Gasteiger partial charge on any atom is -0.383 e. The Morgan fingerprint density at radius 3 is 2.68 bits per heavy atom. The number of pyridine rings is 2. The van der Waals surface area contributed by atoms with Gasteiger partial charge in [0.15, 0.2) is 0 Å². The van der Waals surface area contributed by atoms with Crippen molar-refractivity contribution in [1.29, 1.82) is 5.26 Å². The molecule has 0 spiro atoms. The molecular formula is C32H33FN8. The van der Waals surface area contributed by atoms with Gasteiger partial charge in [0.25, 0.3) is 0 Å². The number of nitrogens with one attached hydrogen (secondary N) is 4. The van der Waals surface area contributed by atoms with E-state index in [0.717, 1.165) is 33.2 Å². The molecule has 1 aliphatic rings. The second kappa shape index (κ2) is 11.3. The monoisotopic (exact) mass is 548 g/mol. The topological polar surface area (TPSA) is 101 Å². The second-order valence-electron chi connectivity index (χ2n) is 11.4. The number of fused-ring (bicyclic) bond motifs is 2. The molecule has 0 saturated carbocycles. The van der Waals surface area contributed by atoms with E-state index in [1.165, 1.54) is 0 Å². The molecule has 0 bridgehead atoms. The van der Waals surface area contributed by atoms with Gasteiger partial charge in [0, 0.05) is 41.6 Å². The van der Waals surface area contributed by atoms with Crippen LogP contribution >= 0.6 is 0 Å². The van der Waals surface area contributed by atoms with E-state index in [-0.39, 0.29) is 11.5 Å². The lowest BCUT2D eigenvalue weighted by molar-refractivity contribution is 0.178. The summed E-state index contributed by atoms with van der Waals surface area (Å²) in [6, 6.07) is 15.2. The molecule has 3 heterocycles. The van der Waals surface area contributed by atoms with E-state index in [1.54, 1.807) is 30.4 Å². The minimum atomic E-state index is -0.514. The first kappa shape index (κ1) is 27.7. The van der Waals surface area contributed by atoms with Crippen LogP contribution in [0.15, 0.2) is 66.8 Å². The molecule has 2 aromatic heterocycles. The largest absolute Gasteiger partial charge is 0.383 e. The van der Waals surface area contributed by atoms with Crippen LogP contribution in [-0.4, -0.2) is 34.2 Å². The maximum Gasteiger partial charge on any atom is 0.111 e. The van der Waals surface area contributed by atoms with Crippen LogP contribution < -0.4 is 21.6 Å². The Kier molecular flexibility index (Phi) is 7.65. The van der Waals surface area contributed by atoms with Crippen molar-refractivity contribution in [1.82, 2.24) is 25.9 Å².